The van der Waals surface area contributed by atoms with Crippen molar-refractivity contribution in [3.63, 3.8) is 0 Å². The summed E-state index contributed by atoms with van der Waals surface area (Å²) < 4.78 is 11.2. The van der Waals surface area contributed by atoms with Crippen LogP contribution in [0.5, 0.6) is 0 Å². The maximum absolute atomic E-state index is 12.4. The Morgan fingerprint density at radius 3 is 2.33 bits per heavy atom. The van der Waals surface area contributed by atoms with Gasteiger partial charge in [0, 0.05) is 11.3 Å². The average molecular weight is 413 g/mol. The van der Waals surface area contributed by atoms with Crippen molar-refractivity contribution in [2.45, 2.75) is 65.9 Å². The molecule has 6 nitrogen and oxygen atoms in total. The number of rotatable bonds is 7. The Bertz CT molecular complexity index is 856. The lowest BCUT2D eigenvalue weighted by Gasteiger charge is -2.25. The highest BCUT2D eigenvalue weighted by Crippen LogP contribution is 2.15. The van der Waals surface area contributed by atoms with E-state index >= 15 is 0 Å². The Morgan fingerprint density at radius 2 is 1.70 bits per heavy atom. The van der Waals surface area contributed by atoms with Crippen LogP contribution in [-0.2, 0) is 16.1 Å². The molecule has 0 radical (unpaired) electrons. The summed E-state index contributed by atoms with van der Waals surface area (Å²) in [5.41, 5.74) is 2.80. The SMILES string of the molecule is Cc1ccc(C(=O)Nc2cccc(CO[C@H](C)[C@@H](C)NC(=O)OC(C)(C)C)c2)cc1. The molecule has 0 heterocycles. The number of nitrogens with one attached hydrogen (secondary N) is 2. The minimum atomic E-state index is -0.544. The second-order valence-electron chi connectivity index (χ2n) is 8.47. The summed E-state index contributed by atoms with van der Waals surface area (Å²) in [4.78, 5) is 24.3. The zero-order valence-corrected chi connectivity index (χ0v) is 18.6. The van der Waals surface area contributed by atoms with Gasteiger partial charge in [0.05, 0.1) is 18.8 Å². The smallest absolute Gasteiger partial charge is 0.407 e. The zero-order valence-electron chi connectivity index (χ0n) is 18.6. The predicted molar refractivity (Wildman–Crippen MR) is 119 cm³/mol. The van der Waals surface area contributed by atoms with Crippen molar-refractivity contribution >= 4 is 17.7 Å². The molecule has 0 fully saturated rings. The molecule has 0 aliphatic carbocycles. The van der Waals surface area contributed by atoms with Crippen LogP contribution in [0.3, 0.4) is 0 Å². The largest absolute Gasteiger partial charge is 0.444 e. The fourth-order valence-corrected chi connectivity index (χ4v) is 2.63. The Labute approximate surface area is 179 Å². The van der Waals surface area contributed by atoms with E-state index in [0.29, 0.717) is 17.9 Å². The van der Waals surface area contributed by atoms with Crippen molar-refractivity contribution in [3.8, 4) is 0 Å². The Morgan fingerprint density at radius 1 is 1.03 bits per heavy atom. The number of hydrogen-bond acceptors (Lipinski definition) is 4. The van der Waals surface area contributed by atoms with Gasteiger partial charge in [-0.2, -0.15) is 0 Å². The van der Waals surface area contributed by atoms with Gasteiger partial charge in [0.2, 0.25) is 0 Å². The van der Waals surface area contributed by atoms with Crippen LogP contribution >= 0.6 is 0 Å². The zero-order chi connectivity index (χ0) is 22.3. The maximum atomic E-state index is 12.4. The van der Waals surface area contributed by atoms with Gasteiger partial charge in [-0.25, -0.2) is 4.79 Å². The molecular formula is C24H32N2O4. The number of carbonyl (C=O) groups is 2. The molecule has 2 aromatic rings. The summed E-state index contributed by atoms with van der Waals surface area (Å²) in [6, 6.07) is 14.7. The van der Waals surface area contributed by atoms with E-state index in [1.165, 1.54) is 0 Å². The highest BCUT2D eigenvalue weighted by Gasteiger charge is 2.20. The molecule has 2 amide bonds. The molecule has 2 aromatic carbocycles. The number of hydrogen-bond donors (Lipinski definition) is 2. The number of aryl methyl sites for hydroxylation is 1. The summed E-state index contributed by atoms with van der Waals surface area (Å²) in [6.07, 6.45) is -0.686. The lowest BCUT2D eigenvalue weighted by molar-refractivity contribution is 0.0183. The molecule has 0 bridgehead atoms. The first-order chi connectivity index (χ1) is 14.0. The quantitative estimate of drug-likeness (QED) is 0.666. The van der Waals surface area contributed by atoms with E-state index in [9.17, 15) is 9.59 Å². The summed E-state index contributed by atoms with van der Waals surface area (Å²) >= 11 is 0. The Balaban J connectivity index is 1.88. The van der Waals surface area contributed by atoms with Gasteiger partial charge in [-0.05, 0) is 71.4 Å². The number of benzene rings is 2. The van der Waals surface area contributed by atoms with Gasteiger partial charge in [-0.1, -0.05) is 29.8 Å². The van der Waals surface area contributed by atoms with Gasteiger partial charge >= 0.3 is 6.09 Å². The molecular weight excluding hydrogens is 380 g/mol. The highest BCUT2D eigenvalue weighted by molar-refractivity contribution is 6.04. The van der Waals surface area contributed by atoms with Crippen molar-refractivity contribution in [2.24, 2.45) is 0 Å². The number of alkyl carbamates (subject to hydrolysis) is 1. The van der Waals surface area contributed by atoms with Gasteiger partial charge in [0.15, 0.2) is 0 Å². The van der Waals surface area contributed by atoms with Crippen LogP contribution in [0.1, 0.15) is 56.1 Å². The minimum absolute atomic E-state index is 0.156. The van der Waals surface area contributed by atoms with Crippen molar-refractivity contribution in [1.82, 2.24) is 5.32 Å². The van der Waals surface area contributed by atoms with Crippen LogP contribution < -0.4 is 10.6 Å². The lowest BCUT2D eigenvalue weighted by atomic mass is 10.1. The first-order valence-electron chi connectivity index (χ1n) is 10.1. The van der Waals surface area contributed by atoms with Crippen LogP contribution in [0.15, 0.2) is 48.5 Å². The molecule has 6 heteroatoms. The van der Waals surface area contributed by atoms with Crippen LogP contribution in [-0.4, -0.2) is 29.7 Å². The fourth-order valence-electron chi connectivity index (χ4n) is 2.63. The van der Waals surface area contributed by atoms with Crippen LogP contribution in [0.2, 0.25) is 0 Å². The van der Waals surface area contributed by atoms with Crippen molar-refractivity contribution in [1.29, 1.82) is 0 Å². The van der Waals surface area contributed by atoms with E-state index in [1.807, 2.05) is 77.9 Å². The third-order valence-electron chi connectivity index (χ3n) is 4.46. The third-order valence-corrected chi connectivity index (χ3v) is 4.46. The standard InChI is InChI=1S/C24H32N2O4/c1-16-10-12-20(13-11-16)22(27)26-21-9-7-8-19(14-21)15-29-18(3)17(2)25-23(28)30-24(4,5)6/h7-14,17-18H,15H2,1-6H3,(H,25,28)(H,26,27)/t17-,18-/m1/s1. The Kier molecular flexibility index (Phi) is 8.00. The van der Waals surface area contributed by atoms with E-state index in [0.717, 1.165) is 11.1 Å². The molecule has 30 heavy (non-hydrogen) atoms. The first kappa shape index (κ1) is 23.4. The van der Waals surface area contributed by atoms with Crippen LogP contribution in [0, 0.1) is 6.92 Å². The number of anilines is 1. The molecule has 0 unspecified atom stereocenters. The number of amides is 2. The molecule has 2 N–H and O–H groups in total. The molecule has 0 saturated heterocycles. The van der Waals surface area contributed by atoms with E-state index in [1.54, 1.807) is 12.1 Å². The monoisotopic (exact) mass is 412 g/mol. The molecule has 0 saturated carbocycles. The van der Waals surface area contributed by atoms with Gasteiger partial charge in [-0.3, -0.25) is 4.79 Å². The van der Waals surface area contributed by atoms with Crippen molar-refractivity contribution in [3.05, 3.63) is 65.2 Å². The molecule has 0 aromatic heterocycles. The molecule has 0 spiro atoms. The van der Waals surface area contributed by atoms with E-state index < -0.39 is 11.7 Å². The van der Waals surface area contributed by atoms with Crippen molar-refractivity contribution in [2.75, 3.05) is 5.32 Å². The van der Waals surface area contributed by atoms with Crippen LogP contribution in [0.25, 0.3) is 0 Å². The van der Waals surface area contributed by atoms with Gasteiger partial charge in [0.1, 0.15) is 5.60 Å². The predicted octanol–water partition coefficient (Wildman–Crippen LogP) is 5.07. The van der Waals surface area contributed by atoms with Gasteiger partial charge < -0.3 is 20.1 Å². The number of carbonyl (C=O) groups excluding carboxylic acids is 2. The summed E-state index contributed by atoms with van der Waals surface area (Å²) in [5.74, 6) is -0.156. The summed E-state index contributed by atoms with van der Waals surface area (Å²) in [6.45, 7) is 11.6. The Hall–Kier alpha value is -2.86. The maximum Gasteiger partial charge on any atom is 0.407 e. The molecule has 0 aliphatic heterocycles. The summed E-state index contributed by atoms with van der Waals surface area (Å²) in [7, 11) is 0. The second-order valence-corrected chi connectivity index (χ2v) is 8.47. The van der Waals surface area contributed by atoms with Gasteiger partial charge in [0.25, 0.3) is 5.91 Å². The summed E-state index contributed by atoms with van der Waals surface area (Å²) in [5, 5.41) is 5.70. The molecule has 162 valence electrons. The van der Waals surface area contributed by atoms with E-state index in [2.05, 4.69) is 10.6 Å². The molecule has 2 atom stereocenters. The third kappa shape index (κ3) is 7.87. The fraction of sp³-hybridized carbons (Fsp3) is 0.417. The van der Waals surface area contributed by atoms with Crippen LogP contribution in [0.4, 0.5) is 10.5 Å². The van der Waals surface area contributed by atoms with Crippen molar-refractivity contribution < 1.29 is 19.1 Å². The minimum Gasteiger partial charge on any atom is -0.444 e. The second kappa shape index (κ2) is 10.3. The lowest BCUT2D eigenvalue weighted by Crippen LogP contribution is -2.43. The van der Waals surface area contributed by atoms with Gasteiger partial charge in [-0.15, -0.1) is 0 Å². The number of ether oxygens (including phenoxy) is 2. The first-order valence-corrected chi connectivity index (χ1v) is 10.1. The van der Waals surface area contributed by atoms with E-state index in [-0.39, 0.29) is 18.1 Å². The normalized spacial score (nSPS) is 13.3. The molecule has 0 aliphatic rings. The highest BCUT2D eigenvalue weighted by atomic mass is 16.6. The van der Waals surface area contributed by atoms with E-state index in [4.69, 9.17) is 9.47 Å². The average Bonchev–Trinajstić information content (AvgIpc) is 2.65. The molecule has 2 rings (SSSR count). The topological polar surface area (TPSA) is 76.7 Å².